The number of ether oxygens (including phenoxy) is 1. The summed E-state index contributed by atoms with van der Waals surface area (Å²) in [5.74, 6) is -0.904. The zero-order valence-corrected chi connectivity index (χ0v) is 26.7. The number of hydrogen-bond donors (Lipinski definition) is 0. The van der Waals surface area contributed by atoms with Crippen LogP contribution in [0.3, 0.4) is 0 Å². The van der Waals surface area contributed by atoms with E-state index in [1.807, 2.05) is 59.7 Å². The number of esters is 1. The van der Waals surface area contributed by atoms with Gasteiger partial charge in [-0.05, 0) is 45.1 Å². The van der Waals surface area contributed by atoms with Crippen molar-refractivity contribution < 1.29 is 23.9 Å². The Labute approximate surface area is 230 Å². The van der Waals surface area contributed by atoms with Crippen LogP contribution >= 0.6 is 9.90 Å². The number of rotatable bonds is 14. The quantitative estimate of drug-likeness (QED) is 0.0800. The van der Waals surface area contributed by atoms with Crippen LogP contribution in [0, 0.1) is 16.7 Å². The third kappa shape index (κ3) is 16.6. The third-order valence-electron chi connectivity index (χ3n) is 6.39. The van der Waals surface area contributed by atoms with E-state index in [0.29, 0.717) is 12.8 Å². The third-order valence-corrected chi connectivity index (χ3v) is 6.39. The van der Waals surface area contributed by atoms with Crippen molar-refractivity contribution in [3.63, 3.8) is 0 Å². The first kappa shape index (κ1) is 39.6. The van der Waals surface area contributed by atoms with E-state index >= 15 is 0 Å². The van der Waals surface area contributed by atoms with Crippen molar-refractivity contribution in [1.82, 2.24) is 0 Å². The molecule has 0 aliphatic rings. The number of carbonyl (C=O) groups is 4. The Morgan fingerprint density at radius 1 is 0.946 bits per heavy atom. The standard InChI is InChI=1S/C21H32O3.C8H14O2.C2H6.H3P/c1-5-6-8-11-17(2)20(23)24-19(21(3,4)16-22)15-14-18-12-9-7-10-13-18;1-5-8(3,4)7(10)6(2)9;1-2;/h7,9-10,12-13,16-17,19H,5-6,8,11,14-15H2,1-4H3;5H2,1-4H3;1-2H3;1H3/t17?,19-;;;/m1.../s1. The molecular formula is C31H55O5P. The Morgan fingerprint density at radius 3 is 1.89 bits per heavy atom. The smallest absolute Gasteiger partial charge is 0.308 e. The summed E-state index contributed by atoms with van der Waals surface area (Å²) >= 11 is 0. The molecule has 0 spiro atoms. The molecule has 0 radical (unpaired) electrons. The number of benzene rings is 1. The van der Waals surface area contributed by atoms with Gasteiger partial charge in [0.15, 0.2) is 5.78 Å². The molecule has 3 atom stereocenters. The van der Waals surface area contributed by atoms with Crippen molar-refractivity contribution in [1.29, 1.82) is 0 Å². The Bertz CT molecular complexity index is 771. The Balaban J connectivity index is -0.000000751. The van der Waals surface area contributed by atoms with E-state index in [-0.39, 0.29) is 33.4 Å². The SMILES string of the molecule is CC.CCC(C)(C)C(=O)C(C)=O.CCCCCC(C)C(=O)O[C@H](CCc1ccccc1)C(C)(C)C=O.P. The molecule has 0 N–H and O–H groups in total. The second kappa shape index (κ2) is 21.1. The van der Waals surface area contributed by atoms with Crippen LogP contribution in [0.25, 0.3) is 0 Å². The average molecular weight is 539 g/mol. The predicted molar refractivity (Wildman–Crippen MR) is 160 cm³/mol. The van der Waals surface area contributed by atoms with E-state index in [1.165, 1.54) is 12.5 Å². The molecular weight excluding hydrogens is 483 g/mol. The number of unbranched alkanes of at least 4 members (excludes halogenated alkanes) is 2. The average Bonchev–Trinajstić information content (AvgIpc) is 2.87. The minimum atomic E-state index is -0.673. The lowest BCUT2D eigenvalue weighted by Crippen LogP contribution is -2.37. The van der Waals surface area contributed by atoms with Gasteiger partial charge in [-0.15, -0.1) is 0 Å². The van der Waals surface area contributed by atoms with Gasteiger partial charge in [-0.2, -0.15) is 9.90 Å². The van der Waals surface area contributed by atoms with Gasteiger partial charge >= 0.3 is 5.97 Å². The van der Waals surface area contributed by atoms with Crippen molar-refractivity contribution in [3.8, 4) is 0 Å². The van der Waals surface area contributed by atoms with Gasteiger partial charge in [0.25, 0.3) is 0 Å². The van der Waals surface area contributed by atoms with Crippen LogP contribution in [0.5, 0.6) is 0 Å². The lowest BCUT2D eigenvalue weighted by molar-refractivity contribution is -0.161. The predicted octanol–water partition coefficient (Wildman–Crippen LogP) is 7.64. The number of aryl methyl sites for hydroxylation is 1. The molecule has 0 saturated carbocycles. The van der Waals surface area contributed by atoms with Crippen molar-refractivity contribution >= 4 is 33.7 Å². The van der Waals surface area contributed by atoms with Gasteiger partial charge in [-0.25, -0.2) is 0 Å². The Kier molecular flexibility index (Phi) is 22.6. The number of ketones is 2. The van der Waals surface area contributed by atoms with Crippen LogP contribution in [0.15, 0.2) is 30.3 Å². The summed E-state index contributed by atoms with van der Waals surface area (Å²) in [6.07, 6.45) is 6.83. The van der Waals surface area contributed by atoms with Crippen molar-refractivity contribution in [2.24, 2.45) is 16.7 Å². The summed E-state index contributed by atoms with van der Waals surface area (Å²) in [6, 6.07) is 10.1. The summed E-state index contributed by atoms with van der Waals surface area (Å²) in [4.78, 5) is 45.5. The van der Waals surface area contributed by atoms with Crippen molar-refractivity contribution in [2.75, 3.05) is 0 Å². The number of carbonyl (C=O) groups excluding carboxylic acids is 4. The molecule has 37 heavy (non-hydrogen) atoms. The molecule has 0 heterocycles. The van der Waals surface area contributed by atoms with Crippen LogP contribution in [0.2, 0.25) is 0 Å². The largest absolute Gasteiger partial charge is 0.461 e. The monoisotopic (exact) mass is 538 g/mol. The zero-order valence-electron chi connectivity index (χ0n) is 25.3. The normalized spacial score (nSPS) is 12.3. The summed E-state index contributed by atoms with van der Waals surface area (Å²) in [5, 5.41) is 0. The van der Waals surface area contributed by atoms with Crippen LogP contribution in [0.4, 0.5) is 0 Å². The van der Waals surface area contributed by atoms with E-state index in [4.69, 9.17) is 4.74 Å². The zero-order chi connectivity index (χ0) is 28.4. The first-order chi connectivity index (χ1) is 16.8. The van der Waals surface area contributed by atoms with E-state index < -0.39 is 16.9 Å². The fraction of sp³-hybridized carbons (Fsp3) is 0.677. The maximum Gasteiger partial charge on any atom is 0.308 e. The molecule has 0 saturated heterocycles. The van der Waals surface area contributed by atoms with Crippen LogP contribution in [0.1, 0.15) is 113 Å². The first-order valence-corrected chi connectivity index (χ1v) is 13.6. The van der Waals surface area contributed by atoms with Crippen LogP contribution < -0.4 is 0 Å². The summed E-state index contributed by atoms with van der Waals surface area (Å²) in [6.45, 7) is 18.5. The number of aldehydes is 1. The van der Waals surface area contributed by atoms with E-state index in [2.05, 4.69) is 19.1 Å². The molecule has 0 aliphatic heterocycles. The molecule has 2 unspecified atom stereocenters. The molecule has 214 valence electrons. The molecule has 1 aromatic rings. The molecule has 0 bridgehead atoms. The van der Waals surface area contributed by atoms with Crippen LogP contribution in [-0.2, 0) is 30.3 Å². The molecule has 0 fully saturated rings. The first-order valence-electron chi connectivity index (χ1n) is 13.6. The fourth-order valence-corrected chi connectivity index (χ4v) is 3.31. The lowest BCUT2D eigenvalue weighted by Gasteiger charge is -2.30. The van der Waals surface area contributed by atoms with Gasteiger partial charge in [-0.1, -0.05) is 98.1 Å². The number of hydrogen-bond acceptors (Lipinski definition) is 5. The highest BCUT2D eigenvalue weighted by atomic mass is 31.0. The number of Topliss-reactive ketones (excluding diaryl/α,β-unsaturated/α-hetero) is 2. The molecule has 0 amide bonds. The topological polar surface area (TPSA) is 77.5 Å². The molecule has 6 heteroatoms. The van der Waals surface area contributed by atoms with E-state index in [9.17, 15) is 19.2 Å². The van der Waals surface area contributed by atoms with Crippen molar-refractivity contribution in [3.05, 3.63) is 35.9 Å². The van der Waals surface area contributed by atoms with E-state index in [1.54, 1.807) is 13.8 Å². The molecule has 0 aliphatic carbocycles. The lowest BCUT2D eigenvalue weighted by atomic mass is 9.84. The second-order valence-corrected chi connectivity index (χ2v) is 10.4. The molecule has 1 rings (SSSR count). The summed E-state index contributed by atoms with van der Waals surface area (Å²) < 4.78 is 5.75. The van der Waals surface area contributed by atoms with Gasteiger partial charge in [0.05, 0.1) is 11.3 Å². The van der Waals surface area contributed by atoms with Gasteiger partial charge in [0.1, 0.15) is 12.4 Å². The Morgan fingerprint density at radius 2 is 1.49 bits per heavy atom. The van der Waals surface area contributed by atoms with Crippen LogP contribution in [-0.4, -0.2) is 29.9 Å². The van der Waals surface area contributed by atoms with Gasteiger partial charge in [0.2, 0.25) is 5.78 Å². The maximum absolute atomic E-state index is 12.4. The maximum atomic E-state index is 12.4. The summed E-state index contributed by atoms with van der Waals surface area (Å²) in [5.41, 5.74) is 0.0515. The van der Waals surface area contributed by atoms with E-state index in [0.717, 1.165) is 38.4 Å². The minimum absolute atomic E-state index is 0. The van der Waals surface area contributed by atoms with Gasteiger partial charge in [0, 0.05) is 12.3 Å². The summed E-state index contributed by atoms with van der Waals surface area (Å²) in [7, 11) is 0. The van der Waals surface area contributed by atoms with Gasteiger partial charge < -0.3 is 9.53 Å². The minimum Gasteiger partial charge on any atom is -0.461 e. The Hall–Kier alpha value is -1.87. The second-order valence-electron chi connectivity index (χ2n) is 10.4. The highest BCUT2D eigenvalue weighted by Crippen LogP contribution is 2.27. The highest BCUT2D eigenvalue weighted by molar-refractivity contribution is 6.92. The molecule has 1 aromatic carbocycles. The molecule has 5 nitrogen and oxygen atoms in total. The van der Waals surface area contributed by atoms with Crippen molar-refractivity contribution in [2.45, 2.75) is 120 Å². The van der Waals surface area contributed by atoms with Gasteiger partial charge in [-0.3, -0.25) is 14.4 Å². The fourth-order valence-electron chi connectivity index (χ4n) is 3.31. The molecule has 0 aromatic heterocycles. The highest BCUT2D eigenvalue weighted by Gasteiger charge is 2.33.